The number of nitrogen functional groups attached to an aromatic ring is 1. The van der Waals surface area contributed by atoms with Crippen LogP contribution in [0.3, 0.4) is 0 Å². The molecule has 0 aliphatic heterocycles. The van der Waals surface area contributed by atoms with Gasteiger partial charge >= 0.3 is 0 Å². The third-order valence-corrected chi connectivity index (χ3v) is 2.38. The molecule has 0 fully saturated rings. The SMILES string of the molecule is N#CCN(CC#N)CC(O)COc1ccc(N)cc1. The van der Waals surface area contributed by atoms with Gasteiger partial charge in [0.2, 0.25) is 0 Å². The van der Waals surface area contributed by atoms with E-state index in [1.54, 1.807) is 29.2 Å². The fraction of sp³-hybridized carbons (Fsp3) is 0.385. The summed E-state index contributed by atoms with van der Waals surface area (Å²) in [6.45, 7) is 0.520. The first-order chi connectivity index (χ1) is 9.15. The van der Waals surface area contributed by atoms with Gasteiger partial charge in [-0.3, -0.25) is 4.90 Å². The second kappa shape index (κ2) is 7.93. The van der Waals surface area contributed by atoms with Crippen molar-refractivity contribution in [1.29, 1.82) is 10.5 Å². The standard InChI is InChI=1S/C13H16N4O2/c14-5-7-17(8-6-15)9-12(18)10-19-13-3-1-11(16)2-4-13/h1-4,12,18H,7-10,16H2. The molecule has 0 aromatic heterocycles. The maximum absolute atomic E-state index is 9.78. The van der Waals surface area contributed by atoms with E-state index >= 15 is 0 Å². The van der Waals surface area contributed by atoms with Gasteiger partial charge in [-0.1, -0.05) is 0 Å². The molecule has 1 rings (SSSR count). The fourth-order valence-electron chi connectivity index (χ4n) is 1.49. The van der Waals surface area contributed by atoms with Crippen molar-refractivity contribution in [3.05, 3.63) is 24.3 Å². The van der Waals surface area contributed by atoms with Crippen molar-refractivity contribution >= 4 is 5.69 Å². The van der Waals surface area contributed by atoms with E-state index in [9.17, 15) is 5.11 Å². The van der Waals surface area contributed by atoms with Gasteiger partial charge < -0.3 is 15.6 Å². The number of hydrogen-bond donors (Lipinski definition) is 2. The highest BCUT2D eigenvalue weighted by molar-refractivity contribution is 5.41. The Labute approximate surface area is 112 Å². The van der Waals surface area contributed by atoms with Crippen molar-refractivity contribution in [2.75, 3.05) is 32.0 Å². The molecule has 6 nitrogen and oxygen atoms in total. The lowest BCUT2D eigenvalue weighted by molar-refractivity contribution is 0.0763. The van der Waals surface area contributed by atoms with Crippen LogP contribution in [-0.4, -0.2) is 42.4 Å². The molecule has 0 saturated heterocycles. The van der Waals surface area contributed by atoms with Gasteiger partial charge in [-0.25, -0.2) is 0 Å². The minimum absolute atomic E-state index is 0.0945. The van der Waals surface area contributed by atoms with E-state index in [4.69, 9.17) is 21.0 Å². The summed E-state index contributed by atoms with van der Waals surface area (Å²) in [5, 5.41) is 26.9. The van der Waals surface area contributed by atoms with E-state index in [1.807, 2.05) is 12.1 Å². The number of nitriles is 2. The molecular formula is C13H16N4O2. The molecule has 0 spiro atoms. The Morgan fingerprint density at radius 2 is 1.79 bits per heavy atom. The quantitative estimate of drug-likeness (QED) is 0.541. The van der Waals surface area contributed by atoms with Crippen LogP contribution in [0.2, 0.25) is 0 Å². The third-order valence-electron chi connectivity index (χ3n) is 2.38. The first-order valence-electron chi connectivity index (χ1n) is 5.78. The van der Waals surface area contributed by atoms with Gasteiger partial charge in [-0.2, -0.15) is 10.5 Å². The highest BCUT2D eigenvalue weighted by Crippen LogP contribution is 2.13. The Hall–Kier alpha value is -2.28. The van der Waals surface area contributed by atoms with E-state index in [-0.39, 0.29) is 26.2 Å². The topological polar surface area (TPSA) is 106 Å². The summed E-state index contributed by atoms with van der Waals surface area (Å²) >= 11 is 0. The average molecular weight is 260 g/mol. The molecule has 6 heteroatoms. The summed E-state index contributed by atoms with van der Waals surface area (Å²) in [7, 11) is 0. The molecule has 1 unspecified atom stereocenters. The van der Waals surface area contributed by atoms with Crippen molar-refractivity contribution < 1.29 is 9.84 Å². The van der Waals surface area contributed by atoms with E-state index in [0.29, 0.717) is 11.4 Å². The Bertz CT molecular complexity index is 445. The lowest BCUT2D eigenvalue weighted by Gasteiger charge is -2.19. The van der Waals surface area contributed by atoms with Crippen LogP contribution in [0.5, 0.6) is 5.75 Å². The van der Waals surface area contributed by atoms with Crippen LogP contribution in [0, 0.1) is 22.7 Å². The second-order valence-electron chi connectivity index (χ2n) is 4.02. The molecule has 1 atom stereocenters. The maximum Gasteiger partial charge on any atom is 0.119 e. The van der Waals surface area contributed by atoms with Gasteiger partial charge in [0.05, 0.1) is 25.2 Å². The maximum atomic E-state index is 9.78. The molecule has 0 amide bonds. The molecular weight excluding hydrogens is 244 g/mol. The van der Waals surface area contributed by atoms with Gasteiger partial charge in [0.15, 0.2) is 0 Å². The third kappa shape index (κ3) is 5.73. The number of nitrogens with two attached hydrogens (primary N) is 1. The molecule has 0 aliphatic carbocycles. The average Bonchev–Trinajstić information content (AvgIpc) is 2.39. The molecule has 0 bridgehead atoms. The molecule has 19 heavy (non-hydrogen) atoms. The zero-order valence-corrected chi connectivity index (χ0v) is 10.5. The monoisotopic (exact) mass is 260 g/mol. The Morgan fingerprint density at radius 1 is 1.21 bits per heavy atom. The van der Waals surface area contributed by atoms with Gasteiger partial charge in [0.25, 0.3) is 0 Å². The molecule has 0 radical (unpaired) electrons. The Balaban J connectivity index is 2.38. The molecule has 1 aromatic carbocycles. The summed E-state index contributed by atoms with van der Waals surface area (Å²) in [5.74, 6) is 0.611. The van der Waals surface area contributed by atoms with Crippen LogP contribution in [0.4, 0.5) is 5.69 Å². The van der Waals surface area contributed by atoms with Gasteiger partial charge in [0, 0.05) is 12.2 Å². The number of aliphatic hydroxyl groups excluding tert-OH is 1. The summed E-state index contributed by atoms with van der Waals surface area (Å²) in [6.07, 6.45) is -0.765. The Morgan fingerprint density at radius 3 is 2.32 bits per heavy atom. The second-order valence-corrected chi connectivity index (χ2v) is 4.02. The largest absolute Gasteiger partial charge is 0.491 e. The predicted molar refractivity (Wildman–Crippen MR) is 70.0 cm³/mol. The van der Waals surface area contributed by atoms with Crippen LogP contribution < -0.4 is 10.5 Å². The predicted octanol–water partition coefficient (Wildman–Crippen LogP) is 0.358. The molecule has 1 aromatic rings. The number of hydrogen-bond acceptors (Lipinski definition) is 6. The minimum Gasteiger partial charge on any atom is -0.491 e. The molecule has 3 N–H and O–H groups in total. The number of nitrogens with zero attached hydrogens (tertiary/aromatic N) is 3. The van der Waals surface area contributed by atoms with Crippen molar-refractivity contribution in [2.24, 2.45) is 0 Å². The fourth-order valence-corrected chi connectivity index (χ4v) is 1.49. The Kier molecular flexibility index (Phi) is 6.17. The van der Waals surface area contributed by atoms with Crippen molar-refractivity contribution in [2.45, 2.75) is 6.10 Å². The lowest BCUT2D eigenvalue weighted by Crippen LogP contribution is -2.36. The summed E-state index contributed by atoms with van der Waals surface area (Å²) in [5.41, 5.74) is 6.18. The van der Waals surface area contributed by atoms with Crippen LogP contribution >= 0.6 is 0 Å². The zero-order chi connectivity index (χ0) is 14.1. The first-order valence-corrected chi connectivity index (χ1v) is 5.78. The number of anilines is 1. The van der Waals surface area contributed by atoms with Crippen LogP contribution in [0.25, 0.3) is 0 Å². The summed E-state index contributed by atoms with van der Waals surface area (Å²) in [4.78, 5) is 1.55. The van der Waals surface area contributed by atoms with E-state index in [1.165, 1.54) is 0 Å². The van der Waals surface area contributed by atoms with Crippen molar-refractivity contribution in [1.82, 2.24) is 4.90 Å². The number of benzene rings is 1. The summed E-state index contributed by atoms with van der Waals surface area (Å²) in [6, 6.07) is 10.7. The summed E-state index contributed by atoms with van der Waals surface area (Å²) < 4.78 is 5.38. The molecule has 0 heterocycles. The minimum atomic E-state index is -0.765. The number of aliphatic hydroxyl groups is 1. The smallest absolute Gasteiger partial charge is 0.119 e. The van der Waals surface area contributed by atoms with Gasteiger partial charge in [-0.15, -0.1) is 0 Å². The number of rotatable bonds is 7. The normalized spacial score (nSPS) is 11.6. The molecule has 100 valence electrons. The molecule has 0 saturated carbocycles. The van der Waals surface area contributed by atoms with Crippen molar-refractivity contribution in [3.63, 3.8) is 0 Å². The lowest BCUT2D eigenvalue weighted by atomic mass is 10.3. The first kappa shape index (κ1) is 14.8. The van der Waals surface area contributed by atoms with Crippen LogP contribution in [0.1, 0.15) is 0 Å². The van der Waals surface area contributed by atoms with Gasteiger partial charge in [-0.05, 0) is 24.3 Å². The number of ether oxygens (including phenoxy) is 1. The molecule has 0 aliphatic rings. The van der Waals surface area contributed by atoms with Crippen molar-refractivity contribution in [3.8, 4) is 17.9 Å². The van der Waals surface area contributed by atoms with Crippen LogP contribution in [0.15, 0.2) is 24.3 Å². The van der Waals surface area contributed by atoms with Crippen LogP contribution in [-0.2, 0) is 0 Å². The van der Waals surface area contributed by atoms with E-state index in [2.05, 4.69) is 0 Å². The highest BCUT2D eigenvalue weighted by atomic mass is 16.5. The zero-order valence-electron chi connectivity index (χ0n) is 10.5. The van der Waals surface area contributed by atoms with Gasteiger partial charge in [0.1, 0.15) is 18.5 Å². The van der Waals surface area contributed by atoms with E-state index < -0.39 is 6.10 Å². The highest BCUT2D eigenvalue weighted by Gasteiger charge is 2.12. The van der Waals surface area contributed by atoms with E-state index in [0.717, 1.165) is 0 Å².